The fraction of sp³-hybridized carbons (Fsp3) is 0.567. The molecule has 2 aliphatic rings. The summed E-state index contributed by atoms with van der Waals surface area (Å²) in [4.78, 5) is 51.1. The number of methoxy groups -OCH3 is 1. The zero-order valence-corrected chi connectivity index (χ0v) is 26.6. The number of esters is 1. The van der Waals surface area contributed by atoms with Crippen molar-refractivity contribution in [2.75, 3.05) is 55.0 Å². The van der Waals surface area contributed by atoms with Crippen molar-refractivity contribution in [3.8, 4) is 0 Å². The first-order chi connectivity index (χ1) is 19.9. The molecule has 11 nitrogen and oxygen atoms in total. The van der Waals surface area contributed by atoms with Crippen LogP contribution in [0.5, 0.6) is 0 Å². The van der Waals surface area contributed by atoms with Crippen LogP contribution in [-0.4, -0.2) is 73.4 Å². The van der Waals surface area contributed by atoms with Gasteiger partial charge in [0.25, 0.3) is 5.91 Å². The Morgan fingerprint density at radius 2 is 1.79 bits per heavy atom. The van der Waals surface area contributed by atoms with Crippen molar-refractivity contribution in [3.63, 3.8) is 0 Å². The van der Waals surface area contributed by atoms with E-state index in [1.165, 1.54) is 7.11 Å². The molecule has 2 saturated heterocycles. The predicted octanol–water partition coefficient (Wildman–Crippen LogP) is 4.93. The van der Waals surface area contributed by atoms with E-state index in [1.54, 1.807) is 6.07 Å². The van der Waals surface area contributed by atoms with Gasteiger partial charge in [0.05, 0.1) is 24.3 Å². The number of piperidine rings is 2. The molecule has 2 aromatic rings. The van der Waals surface area contributed by atoms with Gasteiger partial charge in [-0.1, -0.05) is 15.9 Å². The Kier molecular flexibility index (Phi) is 10.3. The molecule has 12 heteroatoms. The summed E-state index contributed by atoms with van der Waals surface area (Å²) in [6, 6.07) is 7.37. The van der Waals surface area contributed by atoms with Gasteiger partial charge in [0.2, 0.25) is 5.95 Å². The first-order valence-corrected chi connectivity index (χ1v) is 15.2. The van der Waals surface area contributed by atoms with Gasteiger partial charge >= 0.3 is 12.1 Å². The first kappa shape index (κ1) is 31.5. The maximum atomic E-state index is 13.6. The number of carbonyl (C=O) groups is 3. The molecule has 0 radical (unpaired) electrons. The van der Waals surface area contributed by atoms with Gasteiger partial charge in [-0.3, -0.25) is 9.59 Å². The highest BCUT2D eigenvalue weighted by atomic mass is 79.9. The molecule has 1 unspecified atom stereocenters. The molecule has 2 amide bonds. The fourth-order valence-electron chi connectivity index (χ4n) is 5.34. The van der Waals surface area contributed by atoms with Gasteiger partial charge in [-0.15, -0.1) is 0 Å². The van der Waals surface area contributed by atoms with Gasteiger partial charge in [-0.25, -0.2) is 9.78 Å². The van der Waals surface area contributed by atoms with E-state index in [0.717, 1.165) is 55.5 Å². The number of halogens is 1. The summed E-state index contributed by atoms with van der Waals surface area (Å²) in [5.74, 6) is 0.497. The Labute approximate surface area is 255 Å². The summed E-state index contributed by atoms with van der Waals surface area (Å²) in [6.45, 7) is 10.7. The van der Waals surface area contributed by atoms with Crippen molar-refractivity contribution in [2.24, 2.45) is 11.8 Å². The number of aryl methyl sites for hydroxylation is 1. The van der Waals surface area contributed by atoms with E-state index in [4.69, 9.17) is 9.47 Å². The lowest BCUT2D eigenvalue weighted by Gasteiger charge is -2.35. The van der Waals surface area contributed by atoms with Crippen LogP contribution in [0.15, 0.2) is 28.7 Å². The fourth-order valence-corrected chi connectivity index (χ4v) is 5.69. The Hall–Kier alpha value is -3.41. The van der Waals surface area contributed by atoms with Crippen LogP contribution < -0.4 is 20.4 Å². The number of nitrogens with one attached hydrogen (secondary N) is 2. The lowest BCUT2D eigenvalue weighted by atomic mass is 9.95. The highest BCUT2D eigenvalue weighted by Gasteiger charge is 2.29. The third-order valence-electron chi connectivity index (χ3n) is 7.42. The van der Waals surface area contributed by atoms with Crippen LogP contribution in [0.25, 0.3) is 0 Å². The molecule has 2 fully saturated rings. The topological polar surface area (TPSA) is 126 Å². The molecule has 0 saturated carbocycles. The van der Waals surface area contributed by atoms with Crippen molar-refractivity contribution < 1.29 is 23.9 Å². The zero-order valence-electron chi connectivity index (χ0n) is 25.0. The van der Waals surface area contributed by atoms with Gasteiger partial charge in [0, 0.05) is 49.0 Å². The maximum Gasteiger partial charge on any atom is 0.407 e. The van der Waals surface area contributed by atoms with Gasteiger partial charge in [0.15, 0.2) is 0 Å². The monoisotopic (exact) mass is 644 g/mol. The number of aromatic nitrogens is 2. The van der Waals surface area contributed by atoms with Crippen LogP contribution in [0.3, 0.4) is 0 Å². The largest absolute Gasteiger partial charge is 0.469 e. The van der Waals surface area contributed by atoms with Gasteiger partial charge in [0.1, 0.15) is 11.4 Å². The summed E-state index contributed by atoms with van der Waals surface area (Å²) in [5.41, 5.74) is 1.57. The first-order valence-electron chi connectivity index (χ1n) is 14.4. The van der Waals surface area contributed by atoms with E-state index in [2.05, 4.69) is 41.4 Å². The lowest BCUT2D eigenvalue weighted by molar-refractivity contribution is -0.145. The van der Waals surface area contributed by atoms with Crippen LogP contribution >= 0.6 is 15.9 Å². The molecule has 1 aromatic heterocycles. The van der Waals surface area contributed by atoms with Gasteiger partial charge < -0.3 is 29.9 Å². The predicted molar refractivity (Wildman–Crippen MR) is 165 cm³/mol. The number of hydrogen-bond donors (Lipinski definition) is 2. The highest BCUT2D eigenvalue weighted by molar-refractivity contribution is 9.10. The van der Waals surface area contributed by atoms with Crippen LogP contribution in [0, 0.1) is 18.8 Å². The summed E-state index contributed by atoms with van der Waals surface area (Å²) < 4.78 is 11.2. The molecule has 3 heterocycles. The van der Waals surface area contributed by atoms with Crippen molar-refractivity contribution in [1.29, 1.82) is 0 Å². The third-order valence-corrected chi connectivity index (χ3v) is 7.91. The second kappa shape index (κ2) is 13.7. The van der Waals surface area contributed by atoms with E-state index in [-0.39, 0.29) is 17.8 Å². The van der Waals surface area contributed by atoms with Crippen molar-refractivity contribution in [2.45, 2.75) is 59.0 Å². The van der Waals surface area contributed by atoms with Crippen LogP contribution in [0.2, 0.25) is 0 Å². The Balaban J connectivity index is 1.42. The zero-order chi connectivity index (χ0) is 30.4. The van der Waals surface area contributed by atoms with Gasteiger partial charge in [-0.2, -0.15) is 4.98 Å². The minimum Gasteiger partial charge on any atom is -0.469 e. The van der Waals surface area contributed by atoms with Gasteiger partial charge in [-0.05, 0) is 77.5 Å². The average molecular weight is 646 g/mol. The number of hydrogen-bond acceptors (Lipinski definition) is 9. The summed E-state index contributed by atoms with van der Waals surface area (Å²) in [7, 11) is 1.40. The number of rotatable bonds is 7. The number of nitrogens with zero attached hydrogens (tertiary/aromatic N) is 4. The van der Waals surface area contributed by atoms with Crippen LogP contribution in [0.4, 0.5) is 22.2 Å². The van der Waals surface area contributed by atoms with E-state index in [9.17, 15) is 14.4 Å². The van der Waals surface area contributed by atoms with Crippen molar-refractivity contribution in [1.82, 2.24) is 15.3 Å². The second-order valence-corrected chi connectivity index (χ2v) is 12.8. The standard InChI is InChI=1S/C30H41BrN6O5/c1-19-15-25(35-28(33-19)37-12-6-7-21(18-37)27(39)41-5)34-26(38)23-9-8-22(31)16-24(23)36-13-10-20(11-14-36)17-32-29(40)42-30(2,3)4/h8-9,15-16,20-21H,6-7,10-14,17-18H2,1-5H3,(H,32,40)(H,33,34,35,38). The number of amides is 2. The average Bonchev–Trinajstić information content (AvgIpc) is 2.94. The lowest BCUT2D eigenvalue weighted by Crippen LogP contribution is -2.40. The number of ether oxygens (including phenoxy) is 2. The summed E-state index contributed by atoms with van der Waals surface area (Å²) in [5, 5.41) is 5.85. The minimum atomic E-state index is -0.529. The van der Waals surface area contributed by atoms with E-state index in [0.29, 0.717) is 42.0 Å². The normalized spacial score (nSPS) is 17.9. The molecule has 0 bridgehead atoms. The molecule has 0 aliphatic carbocycles. The molecule has 228 valence electrons. The van der Waals surface area contributed by atoms with E-state index >= 15 is 0 Å². The number of carbonyl (C=O) groups excluding carboxylic acids is 3. The molecule has 1 atom stereocenters. The number of alkyl carbamates (subject to hydrolysis) is 1. The SMILES string of the molecule is COC(=O)C1CCCN(c2nc(C)cc(NC(=O)c3ccc(Br)cc3N3CCC(CNC(=O)OC(C)(C)C)CC3)n2)C1. The molecule has 2 aliphatic heterocycles. The maximum absolute atomic E-state index is 13.6. The second-order valence-electron chi connectivity index (χ2n) is 11.9. The molecule has 1 aromatic carbocycles. The Morgan fingerprint density at radius 1 is 1.05 bits per heavy atom. The summed E-state index contributed by atoms with van der Waals surface area (Å²) in [6.07, 6.45) is 2.94. The molecular formula is C30H41BrN6O5. The number of anilines is 3. The highest BCUT2D eigenvalue weighted by Crippen LogP contribution is 2.30. The van der Waals surface area contributed by atoms with Crippen molar-refractivity contribution >= 4 is 51.4 Å². The molecule has 42 heavy (non-hydrogen) atoms. The quantitative estimate of drug-likeness (QED) is 0.403. The van der Waals surface area contributed by atoms with E-state index in [1.807, 2.05) is 50.8 Å². The Bertz CT molecular complexity index is 1290. The van der Waals surface area contributed by atoms with Crippen LogP contribution in [-0.2, 0) is 14.3 Å². The molecular weight excluding hydrogens is 604 g/mol. The molecule has 4 rings (SSSR count). The molecule has 0 spiro atoms. The van der Waals surface area contributed by atoms with Crippen LogP contribution in [0.1, 0.15) is 62.5 Å². The third kappa shape index (κ3) is 8.56. The van der Waals surface area contributed by atoms with E-state index < -0.39 is 11.7 Å². The minimum absolute atomic E-state index is 0.228. The molecule has 2 N–H and O–H groups in total. The Morgan fingerprint density at radius 3 is 2.48 bits per heavy atom. The number of benzene rings is 1. The van der Waals surface area contributed by atoms with Crippen molar-refractivity contribution in [3.05, 3.63) is 40.0 Å². The smallest absolute Gasteiger partial charge is 0.407 e. The summed E-state index contributed by atoms with van der Waals surface area (Å²) >= 11 is 3.56.